The highest BCUT2D eigenvalue weighted by atomic mass is 16.6. The third-order valence-corrected chi connectivity index (χ3v) is 5.77. The van der Waals surface area contributed by atoms with Crippen molar-refractivity contribution < 1.29 is 19.1 Å². The second-order valence-electron chi connectivity index (χ2n) is 8.08. The van der Waals surface area contributed by atoms with E-state index in [9.17, 15) is 9.59 Å². The number of hydrogen-bond donors (Lipinski definition) is 0. The molecule has 5 rings (SSSR count). The number of ether oxygens (including phenoxy) is 2. The Kier molecular flexibility index (Phi) is 5.64. The number of nitrogens with zero attached hydrogens (tertiary/aromatic N) is 6. The van der Waals surface area contributed by atoms with E-state index >= 15 is 0 Å². The normalized spacial score (nSPS) is 17.7. The van der Waals surface area contributed by atoms with Crippen LogP contribution in [-0.2, 0) is 16.1 Å². The SMILES string of the molecule is Cc1ccc(-c2nnn(CC(=O)N3CCN(C(=O)C4COc5ccccc5O4)CC3)n2)cc1. The first-order valence-corrected chi connectivity index (χ1v) is 10.9. The Morgan fingerprint density at radius 1 is 0.970 bits per heavy atom. The number of hydrogen-bond acceptors (Lipinski definition) is 7. The quantitative estimate of drug-likeness (QED) is 0.590. The van der Waals surface area contributed by atoms with Crippen molar-refractivity contribution in [2.24, 2.45) is 0 Å². The van der Waals surface area contributed by atoms with E-state index in [-0.39, 0.29) is 25.0 Å². The highest BCUT2D eigenvalue weighted by molar-refractivity contribution is 5.82. The van der Waals surface area contributed by atoms with Crippen molar-refractivity contribution in [3.63, 3.8) is 0 Å². The zero-order chi connectivity index (χ0) is 22.8. The number of carbonyl (C=O) groups excluding carboxylic acids is 2. The summed E-state index contributed by atoms with van der Waals surface area (Å²) in [5, 5.41) is 12.4. The van der Waals surface area contributed by atoms with Crippen LogP contribution in [0.3, 0.4) is 0 Å². The van der Waals surface area contributed by atoms with Crippen LogP contribution in [0, 0.1) is 6.92 Å². The predicted molar refractivity (Wildman–Crippen MR) is 118 cm³/mol. The van der Waals surface area contributed by atoms with Crippen molar-refractivity contribution in [1.29, 1.82) is 0 Å². The molecule has 1 unspecified atom stereocenters. The Bertz CT molecular complexity index is 1150. The fraction of sp³-hybridized carbons (Fsp3) is 0.348. The smallest absolute Gasteiger partial charge is 0.267 e. The zero-order valence-corrected chi connectivity index (χ0v) is 18.3. The second-order valence-corrected chi connectivity index (χ2v) is 8.08. The van der Waals surface area contributed by atoms with E-state index < -0.39 is 6.10 Å². The number of para-hydroxylation sites is 2. The first-order chi connectivity index (χ1) is 16.1. The topological polar surface area (TPSA) is 103 Å². The molecule has 1 fully saturated rings. The van der Waals surface area contributed by atoms with Crippen molar-refractivity contribution in [2.75, 3.05) is 32.8 Å². The highest BCUT2D eigenvalue weighted by Gasteiger charge is 2.33. The molecular formula is C23H24N6O4. The molecule has 1 aromatic heterocycles. The maximum absolute atomic E-state index is 12.9. The number of rotatable bonds is 4. The summed E-state index contributed by atoms with van der Waals surface area (Å²) in [7, 11) is 0. The van der Waals surface area contributed by atoms with Crippen LogP contribution in [0.15, 0.2) is 48.5 Å². The fourth-order valence-electron chi connectivity index (χ4n) is 3.87. The van der Waals surface area contributed by atoms with Crippen LogP contribution in [0.25, 0.3) is 11.4 Å². The standard InChI is InChI=1S/C23H24N6O4/c1-16-6-8-17(9-7-16)22-24-26-29(25-22)14-21(30)27-10-12-28(13-11-27)23(31)20-15-32-18-4-2-3-5-19(18)33-20/h2-9,20H,10-15H2,1H3. The van der Waals surface area contributed by atoms with E-state index in [1.54, 1.807) is 15.9 Å². The number of piperazine rings is 1. The van der Waals surface area contributed by atoms with Gasteiger partial charge in [-0.3, -0.25) is 9.59 Å². The van der Waals surface area contributed by atoms with E-state index in [2.05, 4.69) is 15.4 Å². The molecule has 1 saturated heterocycles. The minimum atomic E-state index is -0.679. The Balaban J connectivity index is 1.13. The molecular weight excluding hydrogens is 424 g/mol. The fourth-order valence-corrected chi connectivity index (χ4v) is 3.87. The first kappa shape index (κ1) is 20.9. The lowest BCUT2D eigenvalue weighted by Crippen LogP contribution is -2.55. The number of carbonyl (C=O) groups is 2. The van der Waals surface area contributed by atoms with E-state index in [1.165, 1.54) is 4.80 Å². The molecule has 10 heteroatoms. The first-order valence-electron chi connectivity index (χ1n) is 10.9. The molecule has 0 spiro atoms. The van der Waals surface area contributed by atoms with Gasteiger partial charge < -0.3 is 19.3 Å². The molecule has 3 heterocycles. The maximum atomic E-state index is 12.9. The summed E-state index contributed by atoms with van der Waals surface area (Å²) in [5.74, 6) is 1.46. The number of fused-ring (bicyclic) bond motifs is 1. The molecule has 0 bridgehead atoms. The summed E-state index contributed by atoms with van der Waals surface area (Å²) in [6.45, 7) is 3.94. The average molecular weight is 448 g/mol. The lowest BCUT2D eigenvalue weighted by atomic mass is 10.1. The minimum Gasteiger partial charge on any atom is -0.485 e. The van der Waals surface area contributed by atoms with Gasteiger partial charge in [-0.15, -0.1) is 10.2 Å². The number of aromatic nitrogens is 4. The van der Waals surface area contributed by atoms with Crippen molar-refractivity contribution >= 4 is 11.8 Å². The zero-order valence-electron chi connectivity index (χ0n) is 18.3. The number of tetrazole rings is 1. The highest BCUT2D eigenvalue weighted by Crippen LogP contribution is 2.31. The predicted octanol–water partition coefficient (Wildman–Crippen LogP) is 1.16. The lowest BCUT2D eigenvalue weighted by molar-refractivity contribution is -0.146. The Labute approximate surface area is 190 Å². The van der Waals surface area contributed by atoms with E-state index in [0.717, 1.165) is 11.1 Å². The molecule has 2 aliphatic heterocycles. The monoisotopic (exact) mass is 448 g/mol. The summed E-state index contributed by atoms with van der Waals surface area (Å²) in [6.07, 6.45) is -0.679. The molecule has 1 atom stereocenters. The molecule has 0 N–H and O–H groups in total. The van der Waals surface area contributed by atoms with Crippen molar-refractivity contribution in [1.82, 2.24) is 30.0 Å². The van der Waals surface area contributed by atoms with Crippen LogP contribution >= 0.6 is 0 Å². The Morgan fingerprint density at radius 3 is 2.42 bits per heavy atom. The molecule has 170 valence electrons. The summed E-state index contributed by atoms with van der Waals surface area (Å²) in [4.78, 5) is 30.3. The van der Waals surface area contributed by atoms with Gasteiger partial charge in [-0.05, 0) is 24.3 Å². The molecule has 0 saturated carbocycles. The largest absolute Gasteiger partial charge is 0.485 e. The van der Waals surface area contributed by atoms with Crippen LogP contribution in [0.2, 0.25) is 0 Å². The number of amides is 2. The third kappa shape index (κ3) is 4.50. The van der Waals surface area contributed by atoms with Crippen LogP contribution in [0.5, 0.6) is 11.5 Å². The molecule has 0 radical (unpaired) electrons. The van der Waals surface area contributed by atoms with Gasteiger partial charge in [-0.1, -0.05) is 42.0 Å². The van der Waals surface area contributed by atoms with E-state index in [1.807, 2.05) is 49.4 Å². The van der Waals surface area contributed by atoms with Gasteiger partial charge in [0.05, 0.1) is 0 Å². The summed E-state index contributed by atoms with van der Waals surface area (Å²) in [5.41, 5.74) is 1.99. The van der Waals surface area contributed by atoms with Gasteiger partial charge in [0, 0.05) is 31.7 Å². The Hall–Kier alpha value is -3.95. The second kappa shape index (κ2) is 8.89. The van der Waals surface area contributed by atoms with Gasteiger partial charge >= 0.3 is 0 Å². The van der Waals surface area contributed by atoms with Gasteiger partial charge in [-0.25, -0.2) is 0 Å². The molecule has 33 heavy (non-hydrogen) atoms. The average Bonchev–Trinajstić information content (AvgIpc) is 3.32. The molecule has 2 aliphatic rings. The Morgan fingerprint density at radius 2 is 1.67 bits per heavy atom. The van der Waals surface area contributed by atoms with Gasteiger partial charge in [-0.2, -0.15) is 4.80 Å². The number of benzene rings is 2. The lowest BCUT2D eigenvalue weighted by Gasteiger charge is -2.37. The molecule has 10 nitrogen and oxygen atoms in total. The van der Waals surface area contributed by atoms with Crippen molar-refractivity contribution in [3.05, 3.63) is 54.1 Å². The van der Waals surface area contributed by atoms with Gasteiger partial charge in [0.15, 0.2) is 11.5 Å². The van der Waals surface area contributed by atoms with Gasteiger partial charge in [0.1, 0.15) is 13.2 Å². The van der Waals surface area contributed by atoms with Crippen LogP contribution in [-0.4, -0.2) is 80.7 Å². The van der Waals surface area contributed by atoms with Crippen molar-refractivity contribution in [2.45, 2.75) is 19.6 Å². The van der Waals surface area contributed by atoms with E-state index in [0.29, 0.717) is 43.5 Å². The van der Waals surface area contributed by atoms with Crippen LogP contribution < -0.4 is 9.47 Å². The minimum absolute atomic E-state index is 0.00314. The molecule has 2 aromatic carbocycles. The van der Waals surface area contributed by atoms with Gasteiger partial charge in [0.25, 0.3) is 5.91 Å². The summed E-state index contributed by atoms with van der Waals surface area (Å²) in [6, 6.07) is 15.1. The van der Waals surface area contributed by atoms with Crippen LogP contribution in [0.1, 0.15) is 5.56 Å². The number of aryl methyl sites for hydroxylation is 1. The molecule has 3 aromatic rings. The molecule has 0 aliphatic carbocycles. The van der Waals surface area contributed by atoms with E-state index in [4.69, 9.17) is 9.47 Å². The summed E-state index contributed by atoms with van der Waals surface area (Å²) < 4.78 is 11.5. The summed E-state index contributed by atoms with van der Waals surface area (Å²) >= 11 is 0. The van der Waals surface area contributed by atoms with Crippen molar-refractivity contribution in [3.8, 4) is 22.9 Å². The molecule has 2 amide bonds. The third-order valence-electron chi connectivity index (χ3n) is 5.77. The maximum Gasteiger partial charge on any atom is 0.267 e. The van der Waals surface area contributed by atoms with Gasteiger partial charge in [0.2, 0.25) is 17.8 Å². The van der Waals surface area contributed by atoms with Crippen LogP contribution in [0.4, 0.5) is 0 Å².